The SMILES string of the molecule is O=C(N/N=C\c1ccc(OCc2ccc([N+](=O)[O-])cc2)cc1)c1ccc([N+](=O)[O-])cn1. The van der Waals surface area contributed by atoms with Gasteiger partial charge in [0.25, 0.3) is 17.3 Å². The van der Waals surface area contributed by atoms with E-state index in [1.807, 2.05) is 0 Å². The van der Waals surface area contributed by atoms with E-state index in [9.17, 15) is 25.0 Å². The van der Waals surface area contributed by atoms with Crippen LogP contribution in [0.25, 0.3) is 0 Å². The number of hydrogen-bond acceptors (Lipinski definition) is 8. The highest BCUT2D eigenvalue weighted by molar-refractivity contribution is 5.93. The maximum atomic E-state index is 11.9. The molecule has 0 atom stereocenters. The Labute approximate surface area is 175 Å². The number of rotatable bonds is 8. The molecule has 0 aliphatic rings. The Hall–Kier alpha value is -4.67. The lowest BCUT2D eigenvalue weighted by molar-refractivity contribution is -0.385. The van der Waals surface area contributed by atoms with Crippen molar-refractivity contribution in [2.24, 2.45) is 5.10 Å². The maximum Gasteiger partial charge on any atom is 0.289 e. The number of benzene rings is 2. The summed E-state index contributed by atoms with van der Waals surface area (Å²) in [6.07, 6.45) is 2.41. The molecule has 156 valence electrons. The second-order valence-electron chi connectivity index (χ2n) is 6.14. The van der Waals surface area contributed by atoms with Gasteiger partial charge in [-0.3, -0.25) is 25.0 Å². The van der Waals surface area contributed by atoms with E-state index in [-0.39, 0.29) is 23.7 Å². The van der Waals surface area contributed by atoms with Gasteiger partial charge in [0.15, 0.2) is 0 Å². The maximum absolute atomic E-state index is 11.9. The van der Waals surface area contributed by atoms with Gasteiger partial charge in [-0.25, -0.2) is 10.4 Å². The Kier molecular flexibility index (Phi) is 6.58. The molecule has 0 spiro atoms. The molecule has 0 aliphatic heterocycles. The fourth-order valence-corrected chi connectivity index (χ4v) is 2.38. The highest BCUT2D eigenvalue weighted by Gasteiger charge is 2.10. The predicted molar refractivity (Wildman–Crippen MR) is 110 cm³/mol. The Bertz CT molecular complexity index is 1110. The van der Waals surface area contributed by atoms with Gasteiger partial charge in [-0.15, -0.1) is 0 Å². The highest BCUT2D eigenvalue weighted by Crippen LogP contribution is 2.16. The van der Waals surface area contributed by atoms with Crippen LogP contribution in [0.2, 0.25) is 0 Å². The van der Waals surface area contributed by atoms with E-state index in [1.165, 1.54) is 30.5 Å². The molecule has 1 amide bonds. The zero-order chi connectivity index (χ0) is 22.2. The first-order valence-corrected chi connectivity index (χ1v) is 8.82. The van der Waals surface area contributed by atoms with E-state index in [1.54, 1.807) is 36.4 Å². The van der Waals surface area contributed by atoms with Gasteiger partial charge in [-0.2, -0.15) is 5.10 Å². The Balaban J connectivity index is 1.50. The van der Waals surface area contributed by atoms with Crippen LogP contribution in [0, 0.1) is 20.2 Å². The number of nitrogens with zero attached hydrogens (tertiary/aromatic N) is 4. The van der Waals surface area contributed by atoms with Crippen LogP contribution >= 0.6 is 0 Å². The lowest BCUT2D eigenvalue weighted by Gasteiger charge is -2.06. The minimum Gasteiger partial charge on any atom is -0.489 e. The number of nitro benzene ring substituents is 1. The summed E-state index contributed by atoms with van der Waals surface area (Å²) in [4.78, 5) is 35.8. The summed E-state index contributed by atoms with van der Waals surface area (Å²) in [5, 5.41) is 25.1. The average Bonchev–Trinajstić information content (AvgIpc) is 2.78. The molecule has 1 heterocycles. The first-order chi connectivity index (χ1) is 14.9. The zero-order valence-electron chi connectivity index (χ0n) is 15.9. The summed E-state index contributed by atoms with van der Waals surface area (Å²) < 4.78 is 5.63. The topological polar surface area (TPSA) is 150 Å². The Morgan fingerprint density at radius 1 is 0.968 bits per heavy atom. The lowest BCUT2D eigenvalue weighted by atomic mass is 10.2. The van der Waals surface area contributed by atoms with E-state index >= 15 is 0 Å². The first-order valence-electron chi connectivity index (χ1n) is 8.82. The van der Waals surface area contributed by atoms with Gasteiger partial charge in [0.2, 0.25) is 0 Å². The number of nitro groups is 2. The van der Waals surface area contributed by atoms with Gasteiger partial charge < -0.3 is 4.74 Å². The van der Waals surface area contributed by atoms with Crippen LogP contribution in [0.5, 0.6) is 5.75 Å². The third kappa shape index (κ3) is 5.90. The van der Waals surface area contributed by atoms with Gasteiger partial charge >= 0.3 is 0 Å². The third-order valence-electron chi connectivity index (χ3n) is 4.00. The summed E-state index contributed by atoms with van der Waals surface area (Å²) in [7, 11) is 0. The van der Waals surface area contributed by atoms with Gasteiger partial charge in [-0.05, 0) is 53.6 Å². The third-order valence-corrected chi connectivity index (χ3v) is 4.00. The number of non-ortho nitro benzene ring substituents is 1. The lowest BCUT2D eigenvalue weighted by Crippen LogP contribution is -2.18. The summed E-state index contributed by atoms with van der Waals surface area (Å²) in [6.45, 7) is 0.254. The minimum atomic E-state index is -0.605. The number of hydrogen-bond donors (Lipinski definition) is 1. The van der Waals surface area contributed by atoms with Gasteiger partial charge in [0, 0.05) is 18.2 Å². The van der Waals surface area contributed by atoms with Crippen LogP contribution in [0.15, 0.2) is 72.0 Å². The van der Waals surface area contributed by atoms with E-state index < -0.39 is 15.8 Å². The average molecular weight is 421 g/mol. The number of carbonyl (C=O) groups excluding carboxylic acids is 1. The molecule has 2 aromatic carbocycles. The first kappa shape index (κ1) is 21.0. The molecule has 3 aromatic rings. The number of nitrogens with one attached hydrogen (secondary N) is 1. The second-order valence-corrected chi connectivity index (χ2v) is 6.14. The molecule has 31 heavy (non-hydrogen) atoms. The van der Waals surface area contributed by atoms with E-state index in [0.717, 1.165) is 11.8 Å². The van der Waals surface area contributed by atoms with Crippen LogP contribution in [0.4, 0.5) is 11.4 Å². The molecule has 0 fully saturated rings. The molecular formula is C20H15N5O6. The number of hydrazone groups is 1. The smallest absolute Gasteiger partial charge is 0.289 e. The summed E-state index contributed by atoms with van der Waals surface area (Å²) >= 11 is 0. The van der Waals surface area contributed by atoms with E-state index in [4.69, 9.17) is 4.74 Å². The van der Waals surface area contributed by atoms with Crippen molar-refractivity contribution in [3.05, 3.63) is 104 Å². The number of ether oxygens (including phenoxy) is 1. The Morgan fingerprint density at radius 2 is 1.61 bits per heavy atom. The number of aromatic nitrogens is 1. The summed E-state index contributed by atoms with van der Waals surface area (Å²) in [5.74, 6) is -0.0104. The molecule has 0 unspecified atom stereocenters. The molecule has 1 N–H and O–H groups in total. The quantitative estimate of drug-likeness (QED) is 0.333. The van der Waals surface area contributed by atoms with Crippen molar-refractivity contribution in [1.82, 2.24) is 10.4 Å². The summed E-state index contributed by atoms with van der Waals surface area (Å²) in [5.41, 5.74) is 3.58. The van der Waals surface area contributed by atoms with Gasteiger partial charge in [-0.1, -0.05) is 0 Å². The molecule has 11 nitrogen and oxygen atoms in total. The van der Waals surface area contributed by atoms with Crippen LogP contribution in [-0.2, 0) is 6.61 Å². The number of carbonyl (C=O) groups is 1. The molecule has 0 saturated heterocycles. The fraction of sp³-hybridized carbons (Fsp3) is 0.0500. The van der Waals surface area contributed by atoms with Gasteiger partial charge in [0.1, 0.15) is 24.2 Å². The van der Waals surface area contributed by atoms with Crippen molar-refractivity contribution in [1.29, 1.82) is 0 Å². The second kappa shape index (κ2) is 9.69. The van der Waals surface area contributed by atoms with Gasteiger partial charge in [0.05, 0.1) is 16.1 Å². The molecule has 3 rings (SSSR count). The van der Waals surface area contributed by atoms with Crippen molar-refractivity contribution < 1.29 is 19.4 Å². The van der Waals surface area contributed by atoms with Crippen LogP contribution in [0.3, 0.4) is 0 Å². The zero-order valence-corrected chi connectivity index (χ0v) is 15.9. The number of amides is 1. The number of pyridine rings is 1. The van der Waals surface area contributed by atoms with Crippen LogP contribution in [-0.4, -0.2) is 27.0 Å². The van der Waals surface area contributed by atoms with Crippen molar-refractivity contribution >= 4 is 23.5 Å². The predicted octanol–water partition coefficient (Wildman–Crippen LogP) is 3.24. The van der Waals surface area contributed by atoms with E-state index in [2.05, 4.69) is 15.5 Å². The van der Waals surface area contributed by atoms with Crippen molar-refractivity contribution in [3.63, 3.8) is 0 Å². The van der Waals surface area contributed by atoms with Crippen molar-refractivity contribution in [3.8, 4) is 5.75 Å². The normalized spacial score (nSPS) is 10.6. The largest absolute Gasteiger partial charge is 0.489 e. The fourth-order valence-electron chi connectivity index (χ4n) is 2.38. The Morgan fingerprint density at radius 3 is 2.19 bits per heavy atom. The molecule has 0 radical (unpaired) electrons. The molecule has 11 heteroatoms. The van der Waals surface area contributed by atoms with Crippen LogP contribution < -0.4 is 10.2 Å². The monoisotopic (exact) mass is 421 g/mol. The van der Waals surface area contributed by atoms with Crippen molar-refractivity contribution in [2.45, 2.75) is 6.61 Å². The molecule has 0 saturated carbocycles. The molecule has 0 aliphatic carbocycles. The van der Waals surface area contributed by atoms with Crippen LogP contribution in [0.1, 0.15) is 21.6 Å². The molecule has 1 aromatic heterocycles. The van der Waals surface area contributed by atoms with Crippen molar-refractivity contribution in [2.75, 3.05) is 0 Å². The molecule has 0 bridgehead atoms. The highest BCUT2D eigenvalue weighted by atomic mass is 16.6. The molecular weight excluding hydrogens is 406 g/mol. The van der Waals surface area contributed by atoms with E-state index in [0.29, 0.717) is 11.3 Å². The standard InChI is InChI=1S/C20H15N5O6/c26-20(19-10-7-17(12-21-19)25(29)30)23-22-11-14-3-8-18(9-4-14)31-13-15-1-5-16(6-2-15)24(27)28/h1-12H,13H2,(H,23,26)/b22-11-. The summed E-state index contributed by atoms with van der Waals surface area (Å²) in [6, 6.07) is 15.4. The minimum absolute atomic E-state index is 0.00209.